The van der Waals surface area contributed by atoms with Gasteiger partial charge in [-0.2, -0.15) is 0 Å². The number of hydrogen-bond donors (Lipinski definition) is 0. The number of benzene rings is 13. The Labute approximate surface area is 486 Å². The van der Waals surface area contributed by atoms with Crippen LogP contribution in [0.3, 0.4) is 0 Å². The fraction of sp³-hybridized carbons (Fsp3) is 0. The Balaban J connectivity index is 0.888. The molecule has 0 amide bonds. The van der Waals surface area contributed by atoms with Gasteiger partial charge >= 0.3 is 0 Å². The van der Waals surface area contributed by atoms with Gasteiger partial charge in [0.2, 0.25) is 13.4 Å². The number of rotatable bonds is 8. The monoisotopic (exact) mass is 1080 g/mol. The van der Waals surface area contributed by atoms with E-state index in [0.29, 0.717) is 0 Å². The van der Waals surface area contributed by atoms with E-state index in [1.54, 1.807) is 0 Å². The van der Waals surface area contributed by atoms with E-state index in [1.807, 2.05) is 23.5 Å². The Morgan fingerprint density at radius 1 is 0.268 bits per heavy atom. The second-order valence-electron chi connectivity index (χ2n) is 21.6. The van der Waals surface area contributed by atoms with Crippen molar-refractivity contribution in [2.24, 2.45) is 0 Å². The van der Waals surface area contributed by atoms with E-state index in [1.165, 1.54) is 96.7 Å². The molecule has 4 nitrogen and oxygen atoms in total. The zero-order valence-corrected chi connectivity index (χ0v) is 46.1. The lowest BCUT2D eigenvalue weighted by atomic mass is 9.31. The van der Waals surface area contributed by atoms with Crippen molar-refractivity contribution in [2.45, 2.75) is 19.6 Å². The first kappa shape index (κ1) is 47.2. The third-order valence-corrected chi connectivity index (χ3v) is 19.3. The fourth-order valence-electron chi connectivity index (χ4n) is 13.6. The average molecular weight is 1080 g/mol. The first-order valence-corrected chi connectivity index (χ1v) is 29.8. The van der Waals surface area contributed by atoms with Crippen LogP contribution >= 0.6 is 23.5 Å². The number of fused-ring (bicyclic) bond motifs is 12. The van der Waals surface area contributed by atoms with Gasteiger partial charge in [0, 0.05) is 87.2 Å². The molecule has 17 rings (SSSR count). The molecule has 0 fully saturated rings. The van der Waals surface area contributed by atoms with Gasteiger partial charge in [0.05, 0.1) is 11.4 Å². The van der Waals surface area contributed by atoms with Gasteiger partial charge in [-0.15, -0.1) is 0 Å². The smallest absolute Gasteiger partial charge is 0.249 e. The molecule has 0 radical (unpaired) electrons. The van der Waals surface area contributed by atoms with Crippen LogP contribution in [0.1, 0.15) is 0 Å². The lowest BCUT2D eigenvalue weighted by Crippen LogP contribution is -2.63. The second kappa shape index (κ2) is 19.0. The highest BCUT2D eigenvalue weighted by atomic mass is 32.2. The third kappa shape index (κ3) is 7.38. The molecular weight excluding hydrogens is 1030 g/mol. The van der Waals surface area contributed by atoms with Crippen LogP contribution in [-0.4, -0.2) is 13.4 Å². The molecule has 0 atom stereocenters. The van der Waals surface area contributed by atoms with Gasteiger partial charge in [-0.25, -0.2) is 0 Å². The standard InChI is InChI=1S/C74H48B2N4S2/c1-7-23-51(24-8-1)77(52-25-9-2-10-26-52)57-39-41-59-49(43-57)45-69-71-73(59)79(55-31-15-5-16-32-55)65-37-21-19-35-61(65)75(71)63-47-64-68(48-67(63)81-69)82-70-46-50-44-58(78(53-27-11-3-12-28-53)54-29-13-4-14-30-54)40-42-60(50)74-72(70)76(64)62-36-20-22-38-66(62)80(74)56-33-17-6-18-34-56/h1-48H. The predicted octanol–water partition coefficient (Wildman–Crippen LogP) is 16.5. The summed E-state index contributed by atoms with van der Waals surface area (Å²) in [6.07, 6.45) is 0. The fourth-order valence-corrected chi connectivity index (χ4v) is 16.2. The molecule has 13 aromatic carbocycles. The molecule has 13 aromatic rings. The Kier molecular flexibility index (Phi) is 11.0. The molecule has 4 aliphatic heterocycles. The summed E-state index contributed by atoms with van der Waals surface area (Å²) in [5.74, 6) is 0. The maximum atomic E-state index is 2.64. The van der Waals surface area contributed by atoms with Gasteiger partial charge in [-0.3, -0.25) is 0 Å². The van der Waals surface area contributed by atoms with Crippen molar-refractivity contribution >= 4 is 160 Å². The summed E-state index contributed by atoms with van der Waals surface area (Å²) in [5.41, 5.74) is 22.1. The molecule has 0 saturated carbocycles. The summed E-state index contributed by atoms with van der Waals surface area (Å²) in [5, 5.41) is 4.88. The van der Waals surface area contributed by atoms with Gasteiger partial charge in [-0.1, -0.05) is 198 Å². The molecule has 0 spiro atoms. The lowest BCUT2D eigenvalue weighted by molar-refractivity contribution is 1.27. The van der Waals surface area contributed by atoms with Crippen LogP contribution < -0.4 is 52.4 Å². The largest absolute Gasteiger partial charge is 0.311 e. The zero-order valence-electron chi connectivity index (χ0n) is 44.5. The van der Waals surface area contributed by atoms with Crippen molar-refractivity contribution in [3.05, 3.63) is 291 Å². The van der Waals surface area contributed by atoms with Crippen molar-refractivity contribution in [3.63, 3.8) is 0 Å². The van der Waals surface area contributed by atoms with Crippen LogP contribution in [0.15, 0.2) is 311 Å². The summed E-state index contributed by atoms with van der Waals surface area (Å²) in [6.45, 7) is -0.00992. The van der Waals surface area contributed by atoms with Crippen LogP contribution in [0, 0.1) is 0 Å². The van der Waals surface area contributed by atoms with Crippen LogP contribution in [0.25, 0.3) is 21.5 Å². The van der Waals surface area contributed by atoms with Crippen LogP contribution in [0.4, 0.5) is 68.2 Å². The zero-order chi connectivity index (χ0) is 53.8. The lowest BCUT2D eigenvalue weighted by Gasteiger charge is -2.43. The molecule has 382 valence electrons. The molecule has 0 aliphatic carbocycles. The molecule has 0 bridgehead atoms. The molecule has 0 saturated heterocycles. The Bertz CT molecular complexity index is 4290. The number of hydrogen-bond acceptors (Lipinski definition) is 6. The highest BCUT2D eigenvalue weighted by Gasteiger charge is 2.46. The number of anilines is 12. The first-order chi connectivity index (χ1) is 40.7. The van der Waals surface area contributed by atoms with E-state index in [0.717, 1.165) is 45.5 Å². The molecule has 0 unspecified atom stereocenters. The van der Waals surface area contributed by atoms with Crippen LogP contribution in [0.5, 0.6) is 0 Å². The Hall–Kier alpha value is -9.59. The highest BCUT2D eigenvalue weighted by Crippen LogP contribution is 2.50. The van der Waals surface area contributed by atoms with Gasteiger partial charge in [-0.05, 0) is 160 Å². The van der Waals surface area contributed by atoms with Crippen molar-refractivity contribution in [1.82, 2.24) is 0 Å². The van der Waals surface area contributed by atoms with Crippen molar-refractivity contribution in [2.75, 3.05) is 19.6 Å². The quantitative estimate of drug-likeness (QED) is 0.140. The van der Waals surface area contributed by atoms with Gasteiger partial charge in [0.1, 0.15) is 0 Å². The number of nitrogens with zero attached hydrogens (tertiary/aromatic N) is 4. The molecule has 4 heterocycles. The normalized spacial score (nSPS) is 13.2. The Morgan fingerprint density at radius 2 is 0.610 bits per heavy atom. The second-order valence-corrected chi connectivity index (χ2v) is 23.7. The minimum atomic E-state index is -0.00496. The topological polar surface area (TPSA) is 13.0 Å². The SMILES string of the molecule is c1ccc(N(c2ccccc2)c2ccc3c4c5c(cc3c2)Sc2cc3c(cc2B5c2ccccc2N4c2ccccc2)B2c4ccccc4N(c4ccccc4)c4c2c(cc2cc(N(c5ccccc5)c5ccccc5)ccc42)S3)cc1. The summed E-state index contributed by atoms with van der Waals surface area (Å²) in [4.78, 5) is 15.1. The van der Waals surface area contributed by atoms with Gasteiger partial charge < -0.3 is 19.6 Å². The Morgan fingerprint density at radius 3 is 0.988 bits per heavy atom. The minimum absolute atomic E-state index is 0.00496. The first-order valence-electron chi connectivity index (χ1n) is 28.1. The molecule has 4 aliphatic rings. The van der Waals surface area contributed by atoms with E-state index in [9.17, 15) is 0 Å². The molecule has 8 heteroatoms. The van der Waals surface area contributed by atoms with E-state index in [4.69, 9.17) is 0 Å². The average Bonchev–Trinajstić information content (AvgIpc) is 3.55. The molecule has 0 aromatic heterocycles. The van der Waals surface area contributed by atoms with E-state index >= 15 is 0 Å². The molecule has 0 N–H and O–H groups in total. The minimum Gasteiger partial charge on any atom is -0.311 e. The maximum Gasteiger partial charge on any atom is 0.249 e. The van der Waals surface area contributed by atoms with E-state index < -0.39 is 0 Å². The van der Waals surface area contributed by atoms with Crippen molar-refractivity contribution < 1.29 is 0 Å². The van der Waals surface area contributed by atoms with Crippen LogP contribution in [0.2, 0.25) is 0 Å². The summed E-state index contributed by atoms with van der Waals surface area (Å²) >= 11 is 3.89. The highest BCUT2D eigenvalue weighted by molar-refractivity contribution is 8.01. The third-order valence-electron chi connectivity index (χ3n) is 17.0. The maximum absolute atomic E-state index is 2.64. The van der Waals surface area contributed by atoms with Crippen LogP contribution in [-0.2, 0) is 0 Å². The molecule has 82 heavy (non-hydrogen) atoms. The summed E-state index contributed by atoms with van der Waals surface area (Å²) < 4.78 is 0. The van der Waals surface area contributed by atoms with Crippen molar-refractivity contribution in [3.8, 4) is 0 Å². The van der Waals surface area contributed by atoms with Crippen molar-refractivity contribution in [1.29, 1.82) is 0 Å². The predicted molar refractivity (Wildman–Crippen MR) is 351 cm³/mol. The summed E-state index contributed by atoms with van der Waals surface area (Å²) in [7, 11) is 0. The molecular formula is C74H48B2N4S2. The van der Waals surface area contributed by atoms with Gasteiger partial charge in [0.15, 0.2) is 0 Å². The van der Waals surface area contributed by atoms with E-state index in [-0.39, 0.29) is 13.4 Å². The van der Waals surface area contributed by atoms with Gasteiger partial charge in [0.25, 0.3) is 0 Å². The van der Waals surface area contributed by atoms with E-state index in [2.05, 4.69) is 311 Å². The summed E-state index contributed by atoms with van der Waals surface area (Å²) in [6, 6.07) is 108. The number of para-hydroxylation sites is 8.